The van der Waals surface area contributed by atoms with Gasteiger partial charge >= 0.3 is 0 Å². The number of ether oxygens (including phenoxy) is 1. The second kappa shape index (κ2) is 6.44. The van der Waals surface area contributed by atoms with Gasteiger partial charge in [-0.1, -0.05) is 17.7 Å². The third-order valence-electron chi connectivity index (χ3n) is 3.44. The Morgan fingerprint density at radius 3 is 2.80 bits per heavy atom. The lowest BCUT2D eigenvalue weighted by Crippen LogP contribution is -2.39. The Bertz CT molecular complexity index is 456. The molecule has 0 amide bonds. The number of halogens is 1. The molecule has 0 bridgehead atoms. The molecule has 1 aliphatic rings. The minimum Gasteiger partial charge on any atom is -0.389 e. The number of aliphatic hydroxyl groups is 1. The number of rotatable bonds is 4. The molecule has 1 heterocycles. The molecule has 112 valence electrons. The van der Waals surface area contributed by atoms with E-state index >= 15 is 0 Å². The van der Waals surface area contributed by atoms with Crippen LogP contribution in [-0.4, -0.2) is 41.4 Å². The molecule has 4 heteroatoms. The number of hydrogen-bond donors (Lipinski definition) is 1. The molecule has 1 N–H and O–H groups in total. The number of hydrogen-bond acceptors (Lipinski definition) is 3. The molecule has 1 unspecified atom stereocenters. The quantitative estimate of drug-likeness (QED) is 0.927. The summed E-state index contributed by atoms with van der Waals surface area (Å²) in [5.41, 5.74) is 2.43. The average molecular weight is 298 g/mol. The number of benzene rings is 1. The van der Waals surface area contributed by atoms with E-state index in [1.165, 1.54) is 11.1 Å². The van der Waals surface area contributed by atoms with Gasteiger partial charge in [-0.3, -0.25) is 4.90 Å². The van der Waals surface area contributed by atoms with Crippen LogP contribution in [0.5, 0.6) is 0 Å². The monoisotopic (exact) mass is 297 g/mol. The molecule has 20 heavy (non-hydrogen) atoms. The zero-order chi connectivity index (χ0) is 14.8. The van der Waals surface area contributed by atoms with Crippen LogP contribution in [0.1, 0.15) is 31.9 Å². The second-order valence-corrected chi connectivity index (χ2v) is 6.91. The van der Waals surface area contributed by atoms with Crippen LogP contribution in [0.25, 0.3) is 0 Å². The van der Waals surface area contributed by atoms with E-state index in [1.54, 1.807) is 0 Å². The van der Waals surface area contributed by atoms with E-state index in [2.05, 4.69) is 11.0 Å². The normalized spacial score (nSPS) is 17.9. The highest BCUT2D eigenvalue weighted by Crippen LogP contribution is 2.22. The summed E-state index contributed by atoms with van der Waals surface area (Å²) >= 11 is 6.04. The maximum absolute atomic E-state index is 10.1. The first kappa shape index (κ1) is 15.8. The lowest BCUT2D eigenvalue weighted by atomic mass is 10.00. The Hall–Kier alpha value is -0.610. The highest BCUT2D eigenvalue weighted by Gasteiger charge is 2.20. The van der Waals surface area contributed by atoms with Gasteiger partial charge in [0, 0.05) is 24.7 Å². The smallest absolute Gasteiger partial charge is 0.0900 e. The lowest BCUT2D eigenvalue weighted by molar-refractivity contribution is -0.0569. The predicted octanol–water partition coefficient (Wildman–Crippen LogP) is 2.87. The summed E-state index contributed by atoms with van der Waals surface area (Å²) in [5.74, 6) is 0. The van der Waals surface area contributed by atoms with Crippen LogP contribution in [0, 0.1) is 0 Å². The van der Waals surface area contributed by atoms with Gasteiger partial charge in [0.15, 0.2) is 0 Å². The summed E-state index contributed by atoms with van der Waals surface area (Å²) in [6, 6.07) is 6.08. The van der Waals surface area contributed by atoms with E-state index in [0.29, 0.717) is 13.2 Å². The molecule has 0 radical (unpaired) electrons. The van der Waals surface area contributed by atoms with Crippen molar-refractivity contribution in [3.63, 3.8) is 0 Å². The first-order valence-electron chi connectivity index (χ1n) is 7.15. The molecule has 0 spiro atoms. The van der Waals surface area contributed by atoms with Gasteiger partial charge in [-0.2, -0.15) is 0 Å². The molecule has 0 fully saturated rings. The van der Waals surface area contributed by atoms with Crippen molar-refractivity contribution in [2.75, 3.05) is 19.7 Å². The fourth-order valence-corrected chi connectivity index (χ4v) is 2.63. The van der Waals surface area contributed by atoms with Crippen molar-refractivity contribution in [3.05, 3.63) is 34.3 Å². The van der Waals surface area contributed by atoms with Gasteiger partial charge in [0.1, 0.15) is 0 Å². The third kappa shape index (κ3) is 4.74. The Kier molecular flexibility index (Phi) is 5.08. The van der Waals surface area contributed by atoms with Gasteiger partial charge in [-0.05, 0) is 50.5 Å². The standard InChI is InChI=1S/C16H24ClNO2/c1-16(2,3)20-11-15(19)10-18-7-6-12-4-5-14(17)8-13(12)9-18/h4-5,8,15,19H,6-7,9-11H2,1-3H3. The summed E-state index contributed by atoms with van der Waals surface area (Å²) in [6.45, 7) is 8.84. The van der Waals surface area contributed by atoms with Crippen molar-refractivity contribution in [3.8, 4) is 0 Å². The van der Waals surface area contributed by atoms with Crippen LogP contribution in [0.2, 0.25) is 5.02 Å². The second-order valence-electron chi connectivity index (χ2n) is 6.48. The number of nitrogens with zero attached hydrogens (tertiary/aromatic N) is 1. The van der Waals surface area contributed by atoms with E-state index in [4.69, 9.17) is 16.3 Å². The molecule has 0 saturated heterocycles. The SMILES string of the molecule is CC(C)(C)OCC(O)CN1CCc2ccc(Cl)cc2C1. The minimum absolute atomic E-state index is 0.205. The maximum Gasteiger partial charge on any atom is 0.0900 e. The van der Waals surface area contributed by atoms with Crippen molar-refractivity contribution < 1.29 is 9.84 Å². The molecule has 3 nitrogen and oxygen atoms in total. The summed E-state index contributed by atoms with van der Waals surface area (Å²) in [7, 11) is 0. The van der Waals surface area contributed by atoms with Crippen LogP contribution in [0.4, 0.5) is 0 Å². The van der Waals surface area contributed by atoms with Crippen molar-refractivity contribution in [2.45, 2.75) is 45.4 Å². The fraction of sp³-hybridized carbons (Fsp3) is 0.625. The lowest BCUT2D eigenvalue weighted by Gasteiger charge is -2.31. The fourth-order valence-electron chi connectivity index (χ4n) is 2.44. The van der Waals surface area contributed by atoms with E-state index in [1.807, 2.05) is 32.9 Å². The zero-order valence-electron chi connectivity index (χ0n) is 12.5. The Morgan fingerprint density at radius 1 is 1.35 bits per heavy atom. The van der Waals surface area contributed by atoms with E-state index in [0.717, 1.165) is 24.5 Å². The number of β-amino-alcohol motifs (C(OH)–C–C–N with tert-alkyl or cyclic N) is 1. The molecule has 1 aromatic carbocycles. The van der Waals surface area contributed by atoms with Crippen LogP contribution in [0.3, 0.4) is 0 Å². The molecule has 1 aliphatic heterocycles. The highest BCUT2D eigenvalue weighted by atomic mass is 35.5. The number of aliphatic hydroxyl groups excluding tert-OH is 1. The summed E-state index contributed by atoms with van der Waals surface area (Å²) in [5, 5.41) is 10.9. The van der Waals surface area contributed by atoms with Crippen LogP contribution >= 0.6 is 11.6 Å². The van der Waals surface area contributed by atoms with Gasteiger partial charge < -0.3 is 9.84 Å². The largest absolute Gasteiger partial charge is 0.389 e. The minimum atomic E-state index is -0.449. The molecular formula is C16H24ClNO2. The molecule has 0 saturated carbocycles. The van der Waals surface area contributed by atoms with Gasteiger partial charge in [0.2, 0.25) is 0 Å². The van der Waals surface area contributed by atoms with Gasteiger partial charge in [0.05, 0.1) is 18.3 Å². The van der Waals surface area contributed by atoms with E-state index in [9.17, 15) is 5.11 Å². The molecule has 0 aromatic heterocycles. The van der Waals surface area contributed by atoms with E-state index < -0.39 is 6.10 Å². The van der Waals surface area contributed by atoms with Gasteiger partial charge in [0.25, 0.3) is 0 Å². The molecule has 1 atom stereocenters. The zero-order valence-corrected chi connectivity index (χ0v) is 13.3. The van der Waals surface area contributed by atoms with Crippen LogP contribution < -0.4 is 0 Å². The first-order valence-corrected chi connectivity index (χ1v) is 7.53. The average Bonchev–Trinajstić information content (AvgIpc) is 2.35. The van der Waals surface area contributed by atoms with Crippen molar-refractivity contribution >= 4 is 11.6 Å². The summed E-state index contributed by atoms with van der Waals surface area (Å²) in [4.78, 5) is 2.26. The topological polar surface area (TPSA) is 32.7 Å². The first-order chi connectivity index (χ1) is 9.33. The third-order valence-corrected chi connectivity index (χ3v) is 3.67. The van der Waals surface area contributed by atoms with Crippen LogP contribution in [0.15, 0.2) is 18.2 Å². The molecule has 1 aromatic rings. The Labute approximate surface area is 126 Å². The van der Waals surface area contributed by atoms with Crippen molar-refractivity contribution in [1.29, 1.82) is 0 Å². The Morgan fingerprint density at radius 2 is 2.10 bits per heavy atom. The van der Waals surface area contributed by atoms with Crippen LogP contribution in [-0.2, 0) is 17.7 Å². The van der Waals surface area contributed by atoms with Gasteiger partial charge in [-0.25, -0.2) is 0 Å². The van der Waals surface area contributed by atoms with Crippen molar-refractivity contribution in [1.82, 2.24) is 4.90 Å². The molecule has 0 aliphatic carbocycles. The molecular weight excluding hydrogens is 274 g/mol. The summed E-state index contributed by atoms with van der Waals surface area (Å²) in [6.07, 6.45) is 0.564. The highest BCUT2D eigenvalue weighted by molar-refractivity contribution is 6.30. The molecule has 2 rings (SSSR count). The number of fused-ring (bicyclic) bond motifs is 1. The predicted molar refractivity (Wildman–Crippen MR) is 82.1 cm³/mol. The van der Waals surface area contributed by atoms with Gasteiger partial charge in [-0.15, -0.1) is 0 Å². The maximum atomic E-state index is 10.1. The van der Waals surface area contributed by atoms with Crippen molar-refractivity contribution in [2.24, 2.45) is 0 Å². The van der Waals surface area contributed by atoms with E-state index in [-0.39, 0.29) is 5.60 Å². The summed E-state index contributed by atoms with van der Waals surface area (Å²) < 4.78 is 5.62. The Balaban J connectivity index is 1.86.